The lowest BCUT2D eigenvalue weighted by atomic mass is 9.85. The van der Waals surface area contributed by atoms with Crippen LogP contribution in [0.25, 0.3) is 0 Å². The van der Waals surface area contributed by atoms with Gasteiger partial charge in [-0.2, -0.15) is 0 Å². The number of benzene rings is 1. The highest BCUT2D eigenvalue weighted by atomic mass is 16.6. The molecule has 35 heavy (non-hydrogen) atoms. The number of carbonyl (C=O) groups excluding carboxylic acids is 2. The third-order valence-electron chi connectivity index (χ3n) is 5.94. The van der Waals surface area contributed by atoms with Crippen molar-refractivity contribution in [3.05, 3.63) is 53.2 Å². The van der Waals surface area contributed by atoms with E-state index in [-0.39, 0.29) is 24.3 Å². The number of para-hydroxylation sites is 1. The molecule has 0 bridgehead atoms. The Morgan fingerprint density at radius 1 is 1.17 bits per heavy atom. The van der Waals surface area contributed by atoms with Gasteiger partial charge < -0.3 is 24.7 Å². The molecular formula is C27H36N4O4. The van der Waals surface area contributed by atoms with Crippen LogP contribution >= 0.6 is 0 Å². The number of hydrogen-bond acceptors (Lipinski definition) is 7. The summed E-state index contributed by atoms with van der Waals surface area (Å²) in [6, 6.07) is 11.5. The number of nitrogens with zero attached hydrogens (tertiary/aromatic N) is 3. The number of amides is 1. The van der Waals surface area contributed by atoms with Crippen molar-refractivity contribution in [1.29, 1.82) is 5.41 Å². The molecule has 1 aliphatic rings. The summed E-state index contributed by atoms with van der Waals surface area (Å²) in [6.07, 6.45) is 1.08. The van der Waals surface area contributed by atoms with Gasteiger partial charge in [-0.25, -0.2) is 14.6 Å². The number of piperidine rings is 1. The first-order valence-electron chi connectivity index (χ1n) is 12.1. The lowest BCUT2D eigenvalue weighted by Gasteiger charge is -2.35. The monoisotopic (exact) mass is 480 g/mol. The number of ether oxygens (including phenoxy) is 2. The molecule has 1 amide bonds. The van der Waals surface area contributed by atoms with Gasteiger partial charge in [0.05, 0.1) is 6.61 Å². The van der Waals surface area contributed by atoms with Crippen LogP contribution in [-0.4, -0.2) is 60.0 Å². The summed E-state index contributed by atoms with van der Waals surface area (Å²) in [5.41, 5.74) is 2.54. The quantitative estimate of drug-likeness (QED) is 0.431. The molecule has 1 aromatic heterocycles. The molecule has 0 saturated carbocycles. The minimum absolute atomic E-state index is 0.0584. The van der Waals surface area contributed by atoms with E-state index in [1.165, 1.54) is 0 Å². The molecule has 2 heterocycles. The fourth-order valence-electron chi connectivity index (χ4n) is 4.28. The second-order valence-electron chi connectivity index (χ2n) is 9.78. The van der Waals surface area contributed by atoms with E-state index in [2.05, 4.69) is 4.98 Å². The maximum atomic E-state index is 12.7. The second-order valence-corrected chi connectivity index (χ2v) is 9.78. The number of nitrogens with one attached hydrogen (secondary N) is 1. The normalized spacial score (nSPS) is 14.4. The van der Waals surface area contributed by atoms with Gasteiger partial charge in [-0.3, -0.25) is 0 Å². The number of anilines is 2. The molecule has 0 aliphatic carbocycles. The van der Waals surface area contributed by atoms with Gasteiger partial charge in [0.15, 0.2) is 5.69 Å². The molecule has 8 heteroatoms. The van der Waals surface area contributed by atoms with Crippen molar-refractivity contribution >= 4 is 29.3 Å². The first kappa shape index (κ1) is 26.2. The molecule has 0 unspecified atom stereocenters. The molecule has 188 valence electrons. The van der Waals surface area contributed by atoms with E-state index in [0.29, 0.717) is 43.0 Å². The van der Waals surface area contributed by atoms with Crippen molar-refractivity contribution in [2.75, 3.05) is 31.6 Å². The number of likely N-dealkylation sites (tertiary alicyclic amines) is 1. The molecule has 8 nitrogen and oxygen atoms in total. The van der Waals surface area contributed by atoms with E-state index in [9.17, 15) is 9.59 Å². The third kappa shape index (κ3) is 6.38. The highest BCUT2D eigenvalue weighted by molar-refractivity contribution is 6.04. The minimum Gasteiger partial charge on any atom is -0.461 e. The molecule has 2 aromatic rings. The number of carbonyl (C=O) groups is 2. The zero-order valence-corrected chi connectivity index (χ0v) is 21.6. The molecular weight excluding hydrogens is 444 g/mol. The van der Waals surface area contributed by atoms with Crippen molar-refractivity contribution in [2.24, 2.45) is 0 Å². The Morgan fingerprint density at radius 2 is 1.80 bits per heavy atom. The van der Waals surface area contributed by atoms with Gasteiger partial charge in [0.25, 0.3) is 0 Å². The Hall–Kier alpha value is -3.42. The van der Waals surface area contributed by atoms with E-state index < -0.39 is 11.6 Å². The average molecular weight is 481 g/mol. The van der Waals surface area contributed by atoms with Gasteiger partial charge in [0.2, 0.25) is 0 Å². The Morgan fingerprint density at radius 3 is 2.34 bits per heavy atom. The molecule has 1 aliphatic heterocycles. The van der Waals surface area contributed by atoms with Crippen molar-refractivity contribution in [1.82, 2.24) is 9.88 Å². The number of hydrogen-bond donors (Lipinski definition) is 1. The van der Waals surface area contributed by atoms with Crippen LogP contribution in [0.1, 0.15) is 75.0 Å². The van der Waals surface area contributed by atoms with Crippen LogP contribution in [0.4, 0.5) is 16.3 Å². The van der Waals surface area contributed by atoms with Gasteiger partial charge >= 0.3 is 12.1 Å². The SMILES string of the molecule is CCOC(=O)c1cc(C2CCN(C(=O)OC(C)(C)C)CC2)c(C(C)=N)c(N(C)c2ccccc2)n1. The molecule has 1 aromatic carbocycles. The van der Waals surface area contributed by atoms with Gasteiger partial charge in [0, 0.05) is 37.1 Å². The largest absolute Gasteiger partial charge is 0.461 e. The Bertz CT molecular complexity index is 1070. The second kappa shape index (κ2) is 10.9. The zero-order valence-electron chi connectivity index (χ0n) is 21.6. The first-order chi connectivity index (χ1) is 16.5. The average Bonchev–Trinajstić information content (AvgIpc) is 2.82. The maximum Gasteiger partial charge on any atom is 0.410 e. The lowest BCUT2D eigenvalue weighted by molar-refractivity contribution is 0.0204. The van der Waals surface area contributed by atoms with Crippen molar-refractivity contribution < 1.29 is 19.1 Å². The summed E-state index contributed by atoms with van der Waals surface area (Å²) in [5, 5.41) is 8.59. The molecule has 0 atom stereocenters. The van der Waals surface area contributed by atoms with Crippen molar-refractivity contribution in [3.8, 4) is 0 Å². The summed E-state index contributed by atoms with van der Waals surface area (Å²) in [7, 11) is 1.88. The van der Waals surface area contributed by atoms with Crippen LogP contribution in [0.3, 0.4) is 0 Å². The van der Waals surface area contributed by atoms with Gasteiger partial charge in [0.1, 0.15) is 11.4 Å². The summed E-state index contributed by atoms with van der Waals surface area (Å²) in [6.45, 7) is 10.4. The van der Waals surface area contributed by atoms with E-state index in [1.54, 1.807) is 24.8 Å². The Kier molecular flexibility index (Phi) is 8.14. The maximum absolute atomic E-state index is 12.7. The smallest absolute Gasteiger partial charge is 0.410 e. The molecule has 1 saturated heterocycles. The number of rotatable bonds is 6. The fraction of sp³-hybridized carbons (Fsp3) is 0.481. The van der Waals surface area contributed by atoms with Crippen LogP contribution in [-0.2, 0) is 9.47 Å². The number of aromatic nitrogens is 1. The van der Waals surface area contributed by atoms with E-state index in [0.717, 1.165) is 11.3 Å². The van der Waals surface area contributed by atoms with Crippen LogP contribution in [0.2, 0.25) is 0 Å². The topological polar surface area (TPSA) is 95.8 Å². The summed E-state index contributed by atoms with van der Waals surface area (Å²) in [5.74, 6) is 0.110. The van der Waals surface area contributed by atoms with E-state index in [1.807, 2.05) is 63.1 Å². The van der Waals surface area contributed by atoms with Crippen LogP contribution in [0.15, 0.2) is 36.4 Å². The zero-order chi connectivity index (χ0) is 25.8. The molecule has 1 fully saturated rings. The Labute approximate surface area is 207 Å². The minimum atomic E-state index is -0.547. The molecule has 1 N–H and O–H groups in total. The summed E-state index contributed by atoms with van der Waals surface area (Å²) in [4.78, 5) is 33.5. The first-order valence-corrected chi connectivity index (χ1v) is 12.1. The predicted octanol–water partition coefficient (Wildman–Crippen LogP) is 5.53. The van der Waals surface area contributed by atoms with Crippen LogP contribution in [0, 0.1) is 5.41 Å². The highest BCUT2D eigenvalue weighted by Crippen LogP contribution is 2.37. The number of esters is 1. The van der Waals surface area contributed by atoms with Crippen LogP contribution in [0.5, 0.6) is 0 Å². The Balaban J connectivity index is 2.00. The standard InChI is InChI=1S/C27H36N4O4/c1-7-34-25(32)22-17-21(19-13-15-31(16-14-19)26(33)35-27(3,4)5)23(18(2)28)24(29-22)30(6)20-11-9-8-10-12-20/h8-12,17,19,28H,7,13-16H2,1-6H3. The molecule has 3 rings (SSSR count). The lowest BCUT2D eigenvalue weighted by Crippen LogP contribution is -2.41. The van der Waals surface area contributed by atoms with E-state index in [4.69, 9.17) is 14.9 Å². The van der Waals surface area contributed by atoms with Crippen molar-refractivity contribution in [2.45, 2.75) is 59.0 Å². The van der Waals surface area contributed by atoms with Gasteiger partial charge in [-0.1, -0.05) is 18.2 Å². The highest BCUT2D eigenvalue weighted by Gasteiger charge is 2.31. The number of pyridine rings is 1. The molecule has 0 spiro atoms. The fourth-order valence-corrected chi connectivity index (χ4v) is 4.28. The third-order valence-corrected chi connectivity index (χ3v) is 5.94. The van der Waals surface area contributed by atoms with Crippen LogP contribution < -0.4 is 4.90 Å². The molecule has 0 radical (unpaired) electrons. The van der Waals surface area contributed by atoms with E-state index >= 15 is 0 Å². The summed E-state index contributed by atoms with van der Waals surface area (Å²) >= 11 is 0. The van der Waals surface area contributed by atoms with Crippen molar-refractivity contribution in [3.63, 3.8) is 0 Å². The van der Waals surface area contributed by atoms with Gasteiger partial charge in [-0.05, 0) is 77.1 Å². The predicted molar refractivity (Wildman–Crippen MR) is 137 cm³/mol. The van der Waals surface area contributed by atoms with Gasteiger partial charge in [-0.15, -0.1) is 0 Å². The summed E-state index contributed by atoms with van der Waals surface area (Å²) < 4.78 is 10.8.